The van der Waals surface area contributed by atoms with Crippen molar-refractivity contribution in [2.45, 2.75) is 26.9 Å². The van der Waals surface area contributed by atoms with Gasteiger partial charge in [-0.15, -0.1) is 0 Å². The molecule has 2 aromatic carbocycles. The highest BCUT2D eigenvalue weighted by Crippen LogP contribution is 2.25. The summed E-state index contributed by atoms with van der Waals surface area (Å²) in [5.74, 6) is 1.48. The van der Waals surface area contributed by atoms with Crippen molar-refractivity contribution < 1.29 is 9.15 Å². The topological polar surface area (TPSA) is 63.9 Å². The predicted octanol–water partition coefficient (Wildman–Crippen LogP) is 5.17. The van der Waals surface area contributed by atoms with Gasteiger partial charge in [-0.05, 0) is 42.2 Å². The van der Waals surface area contributed by atoms with E-state index < -0.39 is 0 Å². The van der Waals surface area contributed by atoms with Crippen molar-refractivity contribution in [1.82, 2.24) is 15.2 Å². The van der Waals surface area contributed by atoms with E-state index in [1.54, 1.807) is 12.4 Å². The molecule has 142 valence electrons. The monoisotopic (exact) mass is 373 g/mol. The normalized spacial score (nSPS) is 11.1. The molecule has 28 heavy (non-hydrogen) atoms. The molecule has 1 N–H and O–H groups in total. The number of aromatic amines is 1. The fourth-order valence-corrected chi connectivity index (χ4v) is 3.14. The van der Waals surface area contributed by atoms with Crippen LogP contribution in [0.4, 0.5) is 0 Å². The number of oxazole rings is 1. The van der Waals surface area contributed by atoms with Crippen LogP contribution in [0.2, 0.25) is 0 Å². The average molecular weight is 373 g/mol. The number of ether oxygens (including phenoxy) is 1. The lowest BCUT2D eigenvalue weighted by molar-refractivity contribution is 0.134. The Morgan fingerprint density at radius 1 is 1.04 bits per heavy atom. The van der Waals surface area contributed by atoms with Gasteiger partial charge in [0.1, 0.15) is 0 Å². The standard InChI is InChI=1S/C23H23N3O2/c1-3-27-15-17-5-4-16(2)20(12-17)13-23-24-14-22(28-23)19-8-6-18(7-9-19)21-10-11-25-26-21/h4-12,14H,3,13,15H2,1-2H3,(H,25,26). The first-order valence-corrected chi connectivity index (χ1v) is 9.44. The van der Waals surface area contributed by atoms with Gasteiger partial charge in [0.15, 0.2) is 11.7 Å². The van der Waals surface area contributed by atoms with Gasteiger partial charge in [0.05, 0.1) is 18.5 Å². The number of hydrogen-bond donors (Lipinski definition) is 1. The molecule has 4 aromatic rings. The molecule has 2 aromatic heterocycles. The van der Waals surface area contributed by atoms with Gasteiger partial charge < -0.3 is 9.15 Å². The molecule has 5 nitrogen and oxygen atoms in total. The largest absolute Gasteiger partial charge is 0.440 e. The van der Waals surface area contributed by atoms with E-state index in [4.69, 9.17) is 9.15 Å². The highest BCUT2D eigenvalue weighted by molar-refractivity contribution is 5.65. The molecule has 0 saturated carbocycles. The molecule has 0 spiro atoms. The van der Waals surface area contributed by atoms with Gasteiger partial charge in [-0.3, -0.25) is 5.10 Å². The number of nitrogens with zero attached hydrogens (tertiary/aromatic N) is 2. The molecular weight excluding hydrogens is 350 g/mol. The van der Waals surface area contributed by atoms with Gasteiger partial charge in [-0.25, -0.2) is 4.98 Å². The highest BCUT2D eigenvalue weighted by atomic mass is 16.5. The molecule has 0 aliphatic rings. The minimum absolute atomic E-state index is 0.628. The average Bonchev–Trinajstić information content (AvgIpc) is 3.41. The summed E-state index contributed by atoms with van der Waals surface area (Å²) >= 11 is 0. The molecule has 0 amide bonds. The Kier molecular flexibility index (Phi) is 5.35. The van der Waals surface area contributed by atoms with Crippen LogP contribution in [0.3, 0.4) is 0 Å². The summed E-state index contributed by atoms with van der Waals surface area (Å²) in [6.07, 6.45) is 4.20. The molecule has 0 aliphatic heterocycles. The van der Waals surface area contributed by atoms with Crippen molar-refractivity contribution in [3.8, 4) is 22.6 Å². The Balaban J connectivity index is 1.50. The van der Waals surface area contributed by atoms with Crippen LogP contribution < -0.4 is 0 Å². The Morgan fingerprint density at radius 3 is 2.61 bits per heavy atom. The Hall–Kier alpha value is -3.18. The third-order valence-corrected chi connectivity index (χ3v) is 4.76. The number of hydrogen-bond acceptors (Lipinski definition) is 4. The summed E-state index contributed by atoms with van der Waals surface area (Å²) < 4.78 is 11.5. The molecule has 0 radical (unpaired) electrons. The highest BCUT2D eigenvalue weighted by Gasteiger charge is 2.10. The molecule has 0 saturated heterocycles. The van der Waals surface area contributed by atoms with Crippen molar-refractivity contribution >= 4 is 0 Å². The van der Waals surface area contributed by atoms with Crippen molar-refractivity contribution in [1.29, 1.82) is 0 Å². The van der Waals surface area contributed by atoms with Gasteiger partial charge >= 0.3 is 0 Å². The molecule has 0 fully saturated rings. The third kappa shape index (κ3) is 4.05. The van der Waals surface area contributed by atoms with Crippen molar-refractivity contribution in [2.24, 2.45) is 0 Å². The lowest BCUT2D eigenvalue weighted by Gasteiger charge is -2.07. The molecule has 0 atom stereocenters. The maximum absolute atomic E-state index is 6.02. The number of nitrogens with one attached hydrogen (secondary N) is 1. The van der Waals surface area contributed by atoms with E-state index in [0.29, 0.717) is 25.5 Å². The van der Waals surface area contributed by atoms with E-state index >= 15 is 0 Å². The van der Waals surface area contributed by atoms with E-state index in [0.717, 1.165) is 22.6 Å². The van der Waals surface area contributed by atoms with Gasteiger partial charge in [-0.2, -0.15) is 5.10 Å². The quantitative estimate of drug-likeness (QED) is 0.485. The fourth-order valence-electron chi connectivity index (χ4n) is 3.14. The first-order valence-electron chi connectivity index (χ1n) is 9.44. The van der Waals surface area contributed by atoms with Crippen LogP contribution in [0.25, 0.3) is 22.6 Å². The van der Waals surface area contributed by atoms with Crippen LogP contribution in [0, 0.1) is 6.92 Å². The minimum Gasteiger partial charge on any atom is -0.440 e. The van der Waals surface area contributed by atoms with E-state index in [1.807, 2.05) is 37.3 Å². The molecule has 0 bridgehead atoms. The van der Waals surface area contributed by atoms with Crippen molar-refractivity contribution in [3.63, 3.8) is 0 Å². The van der Waals surface area contributed by atoms with Crippen LogP contribution in [0.5, 0.6) is 0 Å². The molecule has 0 unspecified atom stereocenters. The Bertz CT molecular complexity index is 1030. The SMILES string of the molecule is CCOCc1ccc(C)c(Cc2ncc(-c3ccc(-c4ccn[nH]4)cc3)o2)c1. The third-order valence-electron chi connectivity index (χ3n) is 4.76. The van der Waals surface area contributed by atoms with Gasteiger partial charge in [0.2, 0.25) is 0 Å². The van der Waals surface area contributed by atoms with Crippen LogP contribution in [0.15, 0.2) is 65.3 Å². The van der Waals surface area contributed by atoms with Crippen LogP contribution in [-0.4, -0.2) is 21.8 Å². The molecule has 4 rings (SSSR count). The molecular formula is C23H23N3O2. The molecule has 0 aliphatic carbocycles. The summed E-state index contributed by atoms with van der Waals surface area (Å²) in [4.78, 5) is 4.48. The zero-order valence-corrected chi connectivity index (χ0v) is 16.1. The van der Waals surface area contributed by atoms with Crippen LogP contribution >= 0.6 is 0 Å². The second-order valence-electron chi connectivity index (χ2n) is 6.74. The van der Waals surface area contributed by atoms with Gasteiger partial charge in [0, 0.05) is 24.8 Å². The summed E-state index contributed by atoms with van der Waals surface area (Å²) in [7, 11) is 0. The number of benzene rings is 2. The number of aromatic nitrogens is 3. The smallest absolute Gasteiger partial charge is 0.199 e. The van der Waals surface area contributed by atoms with Crippen LogP contribution in [-0.2, 0) is 17.8 Å². The van der Waals surface area contributed by atoms with Gasteiger partial charge in [-0.1, -0.05) is 42.5 Å². The molecule has 2 heterocycles. The summed E-state index contributed by atoms with van der Waals surface area (Å²) in [5.41, 5.74) is 6.69. The molecule has 5 heteroatoms. The van der Waals surface area contributed by atoms with Crippen LogP contribution in [0.1, 0.15) is 29.5 Å². The number of aryl methyl sites for hydroxylation is 1. The maximum Gasteiger partial charge on any atom is 0.199 e. The van der Waals surface area contributed by atoms with Crippen molar-refractivity contribution in [3.05, 3.63) is 83.5 Å². The van der Waals surface area contributed by atoms with E-state index in [-0.39, 0.29) is 0 Å². The summed E-state index contributed by atoms with van der Waals surface area (Å²) in [6.45, 7) is 5.46. The minimum atomic E-state index is 0.628. The number of H-pyrrole nitrogens is 1. The Labute approximate surface area is 164 Å². The van der Waals surface area contributed by atoms with E-state index in [1.165, 1.54) is 16.7 Å². The second-order valence-corrected chi connectivity index (χ2v) is 6.74. The summed E-state index contributed by atoms with van der Waals surface area (Å²) in [5, 5.41) is 6.96. The first kappa shape index (κ1) is 18.2. The fraction of sp³-hybridized carbons (Fsp3) is 0.217. The lowest BCUT2D eigenvalue weighted by Crippen LogP contribution is -1.97. The zero-order valence-electron chi connectivity index (χ0n) is 16.1. The first-order chi connectivity index (χ1) is 13.7. The number of rotatable bonds is 7. The summed E-state index contributed by atoms with van der Waals surface area (Å²) in [6, 6.07) is 16.5. The van der Waals surface area contributed by atoms with E-state index in [9.17, 15) is 0 Å². The maximum atomic E-state index is 6.02. The lowest BCUT2D eigenvalue weighted by atomic mass is 10.0. The Morgan fingerprint density at radius 2 is 1.86 bits per heavy atom. The van der Waals surface area contributed by atoms with Gasteiger partial charge in [0.25, 0.3) is 0 Å². The second kappa shape index (κ2) is 8.23. The zero-order chi connectivity index (χ0) is 19.3. The predicted molar refractivity (Wildman–Crippen MR) is 109 cm³/mol. The van der Waals surface area contributed by atoms with E-state index in [2.05, 4.69) is 40.3 Å². The van der Waals surface area contributed by atoms with Crippen molar-refractivity contribution in [2.75, 3.05) is 6.61 Å².